The van der Waals surface area contributed by atoms with Gasteiger partial charge in [0.15, 0.2) is 0 Å². The molecule has 2 aromatic carbocycles. The molecule has 1 saturated carbocycles. The number of benzene rings is 2. The zero-order valence-electron chi connectivity index (χ0n) is 23.7. The van der Waals surface area contributed by atoms with E-state index in [0.29, 0.717) is 59.0 Å². The third-order valence-electron chi connectivity index (χ3n) is 8.31. The van der Waals surface area contributed by atoms with Crippen LogP contribution in [-0.2, 0) is 29.4 Å². The molecule has 1 aliphatic heterocycles. The highest BCUT2D eigenvalue weighted by atomic mass is 35.5. The predicted molar refractivity (Wildman–Crippen MR) is 156 cm³/mol. The number of fused-ring (bicyclic) bond motifs is 1. The van der Waals surface area contributed by atoms with E-state index in [-0.39, 0.29) is 48.6 Å². The number of aryl methyl sites for hydroxylation is 1. The molecule has 0 radical (unpaired) electrons. The van der Waals surface area contributed by atoms with Gasteiger partial charge in [0.1, 0.15) is 0 Å². The summed E-state index contributed by atoms with van der Waals surface area (Å²) < 4.78 is 42.0. The van der Waals surface area contributed by atoms with Crippen molar-refractivity contribution >= 4 is 46.7 Å². The van der Waals surface area contributed by atoms with Crippen LogP contribution in [0, 0.1) is 11.8 Å². The van der Waals surface area contributed by atoms with Crippen molar-refractivity contribution in [2.24, 2.45) is 24.6 Å². The van der Waals surface area contributed by atoms with Gasteiger partial charge in [-0.2, -0.15) is 18.0 Å². The largest absolute Gasteiger partial charge is 0.416 e. The average Bonchev–Trinajstić information content (AvgIpc) is 3.35. The Bertz CT molecular complexity index is 1490. The Morgan fingerprint density at radius 1 is 1.07 bits per heavy atom. The topological polar surface area (TPSA) is 110 Å². The highest BCUT2D eigenvalue weighted by Crippen LogP contribution is 2.46. The van der Waals surface area contributed by atoms with Crippen molar-refractivity contribution < 1.29 is 22.8 Å². The number of anilines is 2. The molecule has 1 aromatic heterocycles. The highest BCUT2D eigenvalue weighted by molar-refractivity contribution is 6.34. The van der Waals surface area contributed by atoms with Gasteiger partial charge in [0.2, 0.25) is 11.8 Å². The maximum absolute atomic E-state index is 14.0. The normalized spacial score (nSPS) is 22.3. The van der Waals surface area contributed by atoms with Crippen LogP contribution in [0.15, 0.2) is 36.4 Å². The Morgan fingerprint density at radius 2 is 1.74 bits per heavy atom. The Hall–Kier alpha value is -3.38. The maximum atomic E-state index is 14.0. The second-order valence-electron chi connectivity index (χ2n) is 11.5. The van der Waals surface area contributed by atoms with Gasteiger partial charge in [0.05, 0.1) is 18.7 Å². The van der Waals surface area contributed by atoms with Crippen molar-refractivity contribution in [1.82, 2.24) is 20.2 Å². The fourth-order valence-electron chi connectivity index (χ4n) is 6.34. The number of carbonyl (C=O) groups excluding carboxylic acids is 2. The van der Waals surface area contributed by atoms with Crippen LogP contribution >= 0.6 is 23.2 Å². The van der Waals surface area contributed by atoms with Crippen molar-refractivity contribution in [2.75, 3.05) is 9.80 Å². The first kappa shape index (κ1) is 31.1. The van der Waals surface area contributed by atoms with E-state index in [4.69, 9.17) is 28.9 Å². The zero-order chi connectivity index (χ0) is 31.1. The molecule has 0 bridgehead atoms. The first-order chi connectivity index (χ1) is 20.3. The summed E-state index contributed by atoms with van der Waals surface area (Å²) in [7, 11) is 1.60. The van der Waals surface area contributed by atoms with Crippen LogP contribution in [0.3, 0.4) is 0 Å². The quantitative estimate of drug-likeness (QED) is 0.336. The first-order valence-corrected chi connectivity index (χ1v) is 14.8. The average molecular weight is 639 g/mol. The molecule has 2 N–H and O–H groups in total. The smallest absolute Gasteiger partial charge is 0.370 e. The fourth-order valence-corrected chi connectivity index (χ4v) is 6.92. The van der Waals surface area contributed by atoms with E-state index in [1.165, 1.54) is 10.9 Å². The van der Waals surface area contributed by atoms with Gasteiger partial charge in [0, 0.05) is 40.7 Å². The van der Waals surface area contributed by atoms with Crippen molar-refractivity contribution in [1.29, 1.82) is 0 Å². The number of amides is 2. The third kappa shape index (κ3) is 6.90. The molecule has 2 aliphatic rings. The fraction of sp³-hybridized carbons (Fsp3) is 0.483. The van der Waals surface area contributed by atoms with Crippen LogP contribution in [0.25, 0.3) is 0 Å². The molecule has 2 atom stereocenters. The Labute approximate surface area is 257 Å². The summed E-state index contributed by atoms with van der Waals surface area (Å²) in [5.41, 5.74) is 6.01. The molecule has 2 heterocycles. The van der Waals surface area contributed by atoms with E-state index in [2.05, 4.69) is 15.4 Å². The standard InChI is InChI=1S/C29H32Cl2F3N7O2/c1-16-9-25(40(28-36-38-39(2)37-28)15-18-10-21(30)14-22(31)11-18)23-13-20(29(32,33)34)7-8-24(23)41(16)27(43)19-5-3-17(4-6-19)12-26(35)42/h7-8,10-11,13-14,16-17,19,25H,3-6,9,12,15H2,1-2H3,(H2,35,42)/t16-,17?,19?,25+/m1/s1. The highest BCUT2D eigenvalue weighted by Gasteiger charge is 2.42. The van der Waals surface area contributed by atoms with Crippen molar-refractivity contribution in [3.05, 3.63) is 63.1 Å². The molecule has 0 unspecified atom stereocenters. The molecule has 1 fully saturated rings. The summed E-state index contributed by atoms with van der Waals surface area (Å²) in [4.78, 5) is 30.1. The number of nitrogens with two attached hydrogens (primary N) is 1. The van der Waals surface area contributed by atoms with Gasteiger partial charge < -0.3 is 15.5 Å². The minimum atomic E-state index is -4.59. The number of alkyl halides is 3. The van der Waals surface area contributed by atoms with Crippen molar-refractivity contribution in [3.8, 4) is 0 Å². The summed E-state index contributed by atoms with van der Waals surface area (Å²) in [5, 5.41) is 13.3. The number of rotatable bonds is 7. The van der Waals surface area contributed by atoms with E-state index in [0.717, 1.165) is 12.1 Å². The van der Waals surface area contributed by atoms with E-state index in [1.54, 1.807) is 35.0 Å². The minimum absolute atomic E-state index is 0.129. The molecule has 0 saturated heterocycles. The molecule has 2 amide bonds. The monoisotopic (exact) mass is 637 g/mol. The molecular formula is C29H32Cl2F3N7O2. The van der Waals surface area contributed by atoms with Crippen LogP contribution in [0.2, 0.25) is 10.0 Å². The molecule has 5 rings (SSSR count). The van der Waals surface area contributed by atoms with Crippen LogP contribution in [0.4, 0.5) is 24.8 Å². The SMILES string of the molecule is C[C@@H]1C[C@H](N(Cc2cc(Cl)cc(Cl)c2)c2nnn(C)n2)c2cc(C(F)(F)F)ccc2N1C(=O)C1CCC(CC(N)=O)CC1. The van der Waals surface area contributed by atoms with E-state index >= 15 is 0 Å². The first-order valence-electron chi connectivity index (χ1n) is 14.1. The number of primary amides is 1. The Kier molecular flexibility index (Phi) is 8.89. The van der Waals surface area contributed by atoms with Crippen LogP contribution in [0.1, 0.15) is 68.2 Å². The summed E-state index contributed by atoms with van der Waals surface area (Å²) in [6.07, 6.45) is -1.43. The number of nitrogens with zero attached hydrogens (tertiary/aromatic N) is 6. The molecular weight excluding hydrogens is 606 g/mol. The number of hydrogen-bond acceptors (Lipinski definition) is 6. The van der Waals surface area contributed by atoms with Crippen LogP contribution in [-0.4, -0.2) is 38.1 Å². The third-order valence-corrected chi connectivity index (χ3v) is 8.74. The second-order valence-corrected chi connectivity index (χ2v) is 12.3. The van der Waals surface area contributed by atoms with Crippen LogP contribution in [0.5, 0.6) is 0 Å². The van der Waals surface area contributed by atoms with Gasteiger partial charge in [0.25, 0.3) is 5.95 Å². The summed E-state index contributed by atoms with van der Waals surface area (Å²) in [6, 6.07) is 7.56. The van der Waals surface area contributed by atoms with E-state index < -0.39 is 17.8 Å². The lowest BCUT2D eigenvalue weighted by Crippen LogP contribution is -2.49. The van der Waals surface area contributed by atoms with Crippen molar-refractivity contribution in [2.45, 2.75) is 70.3 Å². The molecule has 14 heteroatoms. The number of aromatic nitrogens is 4. The van der Waals surface area contributed by atoms with Gasteiger partial charge in [-0.1, -0.05) is 28.3 Å². The number of hydrogen-bond donors (Lipinski definition) is 1. The second kappa shape index (κ2) is 12.3. The van der Waals surface area contributed by atoms with Gasteiger partial charge in [-0.15, -0.1) is 5.10 Å². The predicted octanol–water partition coefficient (Wildman–Crippen LogP) is 6.09. The van der Waals surface area contributed by atoms with E-state index in [1.807, 2.05) is 6.92 Å². The molecule has 3 aromatic rings. The van der Waals surface area contributed by atoms with Gasteiger partial charge in [-0.25, -0.2) is 0 Å². The minimum Gasteiger partial charge on any atom is -0.370 e. The van der Waals surface area contributed by atoms with Crippen molar-refractivity contribution in [3.63, 3.8) is 0 Å². The molecule has 230 valence electrons. The lowest BCUT2D eigenvalue weighted by atomic mass is 9.79. The molecule has 43 heavy (non-hydrogen) atoms. The number of halogens is 5. The summed E-state index contributed by atoms with van der Waals surface area (Å²) >= 11 is 12.5. The molecule has 1 aliphatic carbocycles. The molecule has 9 nitrogen and oxygen atoms in total. The Balaban J connectivity index is 1.54. The lowest BCUT2D eigenvalue weighted by Gasteiger charge is -2.45. The number of carbonyl (C=O) groups is 2. The van der Waals surface area contributed by atoms with Crippen LogP contribution < -0.4 is 15.5 Å². The molecule has 0 spiro atoms. The maximum Gasteiger partial charge on any atom is 0.416 e. The Morgan fingerprint density at radius 3 is 2.33 bits per heavy atom. The van der Waals surface area contributed by atoms with Gasteiger partial charge in [-0.3, -0.25) is 9.59 Å². The van der Waals surface area contributed by atoms with Gasteiger partial charge >= 0.3 is 6.18 Å². The lowest BCUT2D eigenvalue weighted by molar-refractivity contribution is -0.137. The summed E-state index contributed by atoms with van der Waals surface area (Å²) in [6.45, 7) is 2.07. The zero-order valence-corrected chi connectivity index (χ0v) is 25.2. The number of tetrazole rings is 1. The van der Waals surface area contributed by atoms with Gasteiger partial charge in [-0.05, 0) is 97.7 Å². The van der Waals surface area contributed by atoms with E-state index in [9.17, 15) is 22.8 Å². The summed E-state index contributed by atoms with van der Waals surface area (Å²) in [5.74, 6) is -0.437.